The van der Waals surface area contributed by atoms with Crippen molar-refractivity contribution in [3.8, 4) is 11.5 Å². The van der Waals surface area contributed by atoms with E-state index >= 15 is 0 Å². The molecule has 2 heterocycles. The topological polar surface area (TPSA) is 52.5 Å². The maximum absolute atomic E-state index is 12.4. The molecular formula is C20H20N2O3. The summed E-state index contributed by atoms with van der Waals surface area (Å²) in [6.07, 6.45) is 2.39. The van der Waals surface area contributed by atoms with Crippen molar-refractivity contribution >= 4 is 16.8 Å². The highest BCUT2D eigenvalue weighted by Crippen LogP contribution is 2.30. The fourth-order valence-electron chi connectivity index (χ4n) is 3.20. The van der Waals surface area contributed by atoms with Crippen LogP contribution in [0.2, 0.25) is 0 Å². The van der Waals surface area contributed by atoms with Gasteiger partial charge in [-0.25, -0.2) is 0 Å². The highest BCUT2D eigenvalue weighted by molar-refractivity contribution is 5.89. The summed E-state index contributed by atoms with van der Waals surface area (Å²) in [5, 5.41) is 4.11. The quantitative estimate of drug-likeness (QED) is 0.797. The normalized spacial score (nSPS) is 13.0. The Balaban J connectivity index is 1.42. The van der Waals surface area contributed by atoms with E-state index in [-0.39, 0.29) is 5.91 Å². The van der Waals surface area contributed by atoms with Crippen LogP contribution in [0, 0.1) is 0 Å². The Morgan fingerprint density at radius 1 is 1.12 bits per heavy atom. The van der Waals surface area contributed by atoms with Crippen molar-refractivity contribution in [2.75, 3.05) is 13.2 Å². The van der Waals surface area contributed by atoms with Gasteiger partial charge in [-0.05, 0) is 29.3 Å². The molecule has 1 aliphatic rings. The molecule has 0 fully saturated rings. The van der Waals surface area contributed by atoms with Crippen molar-refractivity contribution in [3.05, 3.63) is 59.8 Å². The first-order valence-electron chi connectivity index (χ1n) is 8.39. The Morgan fingerprint density at radius 3 is 2.80 bits per heavy atom. The highest BCUT2D eigenvalue weighted by atomic mass is 16.6. The molecule has 1 N–H and O–H groups in total. The molecule has 0 radical (unpaired) electrons. The molecule has 3 aromatic rings. The van der Waals surface area contributed by atoms with Crippen LogP contribution in [0.5, 0.6) is 11.5 Å². The molecule has 4 rings (SSSR count). The number of para-hydroxylation sites is 1. The van der Waals surface area contributed by atoms with Crippen molar-refractivity contribution in [2.24, 2.45) is 7.05 Å². The number of ether oxygens (including phenoxy) is 2. The van der Waals surface area contributed by atoms with E-state index < -0.39 is 0 Å². The Kier molecular flexibility index (Phi) is 4.06. The van der Waals surface area contributed by atoms with Gasteiger partial charge in [0.05, 0.1) is 6.42 Å². The Morgan fingerprint density at radius 2 is 1.92 bits per heavy atom. The van der Waals surface area contributed by atoms with Gasteiger partial charge >= 0.3 is 0 Å². The zero-order chi connectivity index (χ0) is 17.2. The van der Waals surface area contributed by atoms with Gasteiger partial charge in [0, 0.05) is 30.7 Å². The molecule has 2 aromatic carbocycles. The van der Waals surface area contributed by atoms with E-state index in [4.69, 9.17) is 9.47 Å². The molecule has 0 bridgehead atoms. The number of aryl methyl sites for hydroxylation is 1. The van der Waals surface area contributed by atoms with E-state index in [0.717, 1.165) is 33.5 Å². The lowest BCUT2D eigenvalue weighted by atomic mass is 10.1. The zero-order valence-electron chi connectivity index (χ0n) is 14.1. The molecule has 1 aliphatic heterocycles. The highest BCUT2D eigenvalue weighted by Gasteiger charge is 2.13. The molecule has 25 heavy (non-hydrogen) atoms. The summed E-state index contributed by atoms with van der Waals surface area (Å²) in [6, 6.07) is 13.9. The second-order valence-corrected chi connectivity index (χ2v) is 6.21. The van der Waals surface area contributed by atoms with E-state index in [9.17, 15) is 4.79 Å². The van der Waals surface area contributed by atoms with Crippen LogP contribution in [0.25, 0.3) is 10.9 Å². The third-order valence-electron chi connectivity index (χ3n) is 4.43. The predicted molar refractivity (Wildman–Crippen MR) is 95.9 cm³/mol. The van der Waals surface area contributed by atoms with Crippen molar-refractivity contribution in [1.82, 2.24) is 9.88 Å². The first kappa shape index (κ1) is 15.6. The summed E-state index contributed by atoms with van der Waals surface area (Å²) in [6.45, 7) is 1.61. The lowest BCUT2D eigenvalue weighted by Crippen LogP contribution is -2.24. The van der Waals surface area contributed by atoms with E-state index in [0.29, 0.717) is 26.2 Å². The zero-order valence-corrected chi connectivity index (χ0v) is 14.1. The van der Waals surface area contributed by atoms with Gasteiger partial charge in [-0.2, -0.15) is 0 Å². The lowest BCUT2D eigenvalue weighted by molar-refractivity contribution is -0.120. The number of rotatable bonds is 4. The summed E-state index contributed by atoms with van der Waals surface area (Å²) >= 11 is 0. The number of amides is 1. The van der Waals surface area contributed by atoms with Crippen LogP contribution in [0.1, 0.15) is 11.1 Å². The van der Waals surface area contributed by atoms with Gasteiger partial charge in [-0.1, -0.05) is 24.3 Å². The van der Waals surface area contributed by atoms with Crippen LogP contribution in [-0.4, -0.2) is 23.7 Å². The maximum Gasteiger partial charge on any atom is 0.224 e. The monoisotopic (exact) mass is 336 g/mol. The fourth-order valence-corrected chi connectivity index (χ4v) is 3.20. The number of carbonyl (C=O) groups excluding carboxylic acids is 1. The number of nitrogens with one attached hydrogen (secondary N) is 1. The number of fused-ring (bicyclic) bond motifs is 2. The van der Waals surface area contributed by atoms with Crippen molar-refractivity contribution < 1.29 is 14.3 Å². The molecule has 0 saturated heterocycles. The van der Waals surface area contributed by atoms with Gasteiger partial charge in [0.1, 0.15) is 13.2 Å². The average molecular weight is 336 g/mol. The number of hydrogen-bond donors (Lipinski definition) is 1. The predicted octanol–water partition coefficient (Wildman–Crippen LogP) is 2.81. The van der Waals surface area contributed by atoms with Gasteiger partial charge in [0.15, 0.2) is 11.5 Å². The lowest BCUT2D eigenvalue weighted by Gasteiger charge is -2.19. The maximum atomic E-state index is 12.4. The molecule has 1 amide bonds. The van der Waals surface area contributed by atoms with Gasteiger partial charge in [-0.15, -0.1) is 0 Å². The van der Waals surface area contributed by atoms with E-state index in [2.05, 4.69) is 22.0 Å². The van der Waals surface area contributed by atoms with Crippen LogP contribution in [0.3, 0.4) is 0 Å². The average Bonchev–Trinajstić information content (AvgIpc) is 2.96. The Labute approximate surface area is 146 Å². The molecule has 0 saturated carbocycles. The van der Waals surface area contributed by atoms with Gasteiger partial charge < -0.3 is 19.4 Å². The van der Waals surface area contributed by atoms with Crippen LogP contribution < -0.4 is 14.8 Å². The number of aromatic nitrogens is 1. The van der Waals surface area contributed by atoms with Crippen molar-refractivity contribution in [3.63, 3.8) is 0 Å². The van der Waals surface area contributed by atoms with Crippen LogP contribution in [0.4, 0.5) is 0 Å². The smallest absolute Gasteiger partial charge is 0.224 e. The van der Waals surface area contributed by atoms with Crippen molar-refractivity contribution in [1.29, 1.82) is 0 Å². The Bertz CT molecular complexity index is 930. The van der Waals surface area contributed by atoms with Crippen LogP contribution in [0.15, 0.2) is 48.7 Å². The molecule has 0 atom stereocenters. The van der Waals surface area contributed by atoms with Crippen LogP contribution >= 0.6 is 0 Å². The summed E-state index contributed by atoms with van der Waals surface area (Å²) in [7, 11) is 2.00. The number of benzene rings is 2. The molecule has 0 spiro atoms. The minimum atomic E-state index is 0.00578. The Hall–Kier alpha value is -2.95. The van der Waals surface area contributed by atoms with E-state index in [1.807, 2.05) is 43.6 Å². The third-order valence-corrected chi connectivity index (χ3v) is 4.43. The largest absolute Gasteiger partial charge is 0.486 e. The van der Waals surface area contributed by atoms with Gasteiger partial charge in [-0.3, -0.25) is 4.79 Å². The molecule has 128 valence electrons. The summed E-state index contributed by atoms with van der Waals surface area (Å²) in [5.74, 6) is 1.51. The van der Waals surface area contributed by atoms with Gasteiger partial charge in [0.2, 0.25) is 5.91 Å². The van der Waals surface area contributed by atoms with Crippen molar-refractivity contribution in [2.45, 2.75) is 13.0 Å². The standard InChI is InChI=1S/C20H20N2O3/c1-22-13-15(16-4-2-3-5-17(16)22)11-20(23)21-12-14-6-7-18-19(10-14)25-9-8-24-18/h2-7,10,13H,8-9,11-12H2,1H3,(H,21,23). The molecular weight excluding hydrogens is 316 g/mol. The first-order valence-corrected chi connectivity index (χ1v) is 8.39. The summed E-state index contributed by atoms with van der Waals surface area (Å²) in [5.41, 5.74) is 3.17. The second kappa shape index (κ2) is 6.51. The summed E-state index contributed by atoms with van der Waals surface area (Å²) < 4.78 is 13.1. The number of hydrogen-bond acceptors (Lipinski definition) is 3. The molecule has 5 heteroatoms. The minimum Gasteiger partial charge on any atom is -0.486 e. The van der Waals surface area contributed by atoms with Gasteiger partial charge in [0.25, 0.3) is 0 Å². The molecule has 0 unspecified atom stereocenters. The van der Waals surface area contributed by atoms with Crippen LogP contribution in [-0.2, 0) is 24.8 Å². The molecule has 1 aromatic heterocycles. The first-order chi connectivity index (χ1) is 12.2. The fraction of sp³-hybridized carbons (Fsp3) is 0.250. The number of carbonyl (C=O) groups is 1. The molecule has 5 nitrogen and oxygen atoms in total. The third kappa shape index (κ3) is 3.18. The minimum absolute atomic E-state index is 0.00578. The summed E-state index contributed by atoms with van der Waals surface area (Å²) in [4.78, 5) is 12.4. The van der Waals surface area contributed by atoms with E-state index in [1.54, 1.807) is 0 Å². The molecule has 0 aliphatic carbocycles. The SMILES string of the molecule is Cn1cc(CC(=O)NCc2ccc3c(c2)OCCO3)c2ccccc21. The van der Waals surface area contributed by atoms with E-state index in [1.165, 1.54) is 0 Å². The second-order valence-electron chi connectivity index (χ2n) is 6.21. The number of nitrogens with zero attached hydrogens (tertiary/aromatic N) is 1.